The summed E-state index contributed by atoms with van der Waals surface area (Å²) in [6, 6.07) is 7.38. The summed E-state index contributed by atoms with van der Waals surface area (Å²) in [5, 5.41) is 2.40. The van der Waals surface area contributed by atoms with Gasteiger partial charge in [0.1, 0.15) is 22.7 Å². The highest BCUT2D eigenvalue weighted by atomic mass is 79.9. The lowest BCUT2D eigenvalue weighted by molar-refractivity contribution is -0.130. The number of rotatable bonds is 7. The molecule has 9 heteroatoms. The summed E-state index contributed by atoms with van der Waals surface area (Å²) in [7, 11) is 1.25. The number of nitrogens with one attached hydrogen (secondary N) is 2. The highest BCUT2D eigenvalue weighted by Crippen LogP contribution is 2.27. The van der Waals surface area contributed by atoms with Gasteiger partial charge in [-0.2, -0.15) is 0 Å². The van der Waals surface area contributed by atoms with Crippen molar-refractivity contribution >= 4 is 33.6 Å². The van der Waals surface area contributed by atoms with Crippen molar-refractivity contribution in [3.63, 3.8) is 0 Å². The van der Waals surface area contributed by atoms with Crippen LogP contribution >= 0.6 is 15.9 Å². The zero-order valence-corrected chi connectivity index (χ0v) is 19.0. The average molecular weight is 468 g/mol. The number of imidazole rings is 1. The first-order chi connectivity index (χ1) is 13.9. The molecule has 0 atom stereocenters. The maximum atomic E-state index is 12.3. The highest BCUT2D eigenvalue weighted by molar-refractivity contribution is 9.10. The van der Waals surface area contributed by atoms with E-state index < -0.39 is 6.09 Å². The molecule has 0 bridgehead atoms. The predicted molar refractivity (Wildman–Crippen MR) is 118 cm³/mol. The van der Waals surface area contributed by atoms with Gasteiger partial charge in [0.05, 0.1) is 13.7 Å². The quantitative estimate of drug-likeness (QED) is 0.533. The molecule has 0 radical (unpaired) electrons. The fourth-order valence-corrected chi connectivity index (χ4v) is 2.93. The second kappa shape index (κ2) is 12.8. The van der Waals surface area contributed by atoms with Gasteiger partial charge in [0.25, 0.3) is 0 Å². The van der Waals surface area contributed by atoms with E-state index in [4.69, 9.17) is 5.73 Å². The third-order valence-corrected chi connectivity index (χ3v) is 4.22. The van der Waals surface area contributed by atoms with Crippen LogP contribution in [0, 0.1) is 0 Å². The Hall–Kier alpha value is -2.55. The van der Waals surface area contributed by atoms with Crippen molar-refractivity contribution in [2.45, 2.75) is 40.2 Å². The summed E-state index contributed by atoms with van der Waals surface area (Å²) >= 11 is 3.47. The molecule has 1 heterocycles. The first-order valence-corrected chi connectivity index (χ1v) is 10.3. The smallest absolute Gasteiger partial charge is 0.407 e. The highest BCUT2D eigenvalue weighted by Gasteiger charge is 2.18. The molecule has 0 fully saturated rings. The maximum absolute atomic E-state index is 12.3. The second-order valence-corrected chi connectivity index (χ2v) is 7.13. The van der Waals surface area contributed by atoms with Crippen molar-refractivity contribution in [3.05, 3.63) is 34.7 Å². The molecular formula is C20H30BrN5O3. The number of hydrogen-bond acceptors (Lipinski definition) is 5. The van der Waals surface area contributed by atoms with Gasteiger partial charge in [-0.05, 0) is 34.5 Å². The maximum Gasteiger partial charge on any atom is 0.407 e. The first kappa shape index (κ1) is 24.5. The Kier molecular flexibility index (Phi) is 10.8. The number of nitrogen functional groups attached to an aromatic ring is 1. The molecule has 0 aliphatic heterocycles. The second-order valence-electron chi connectivity index (χ2n) is 6.34. The summed E-state index contributed by atoms with van der Waals surface area (Å²) in [6.07, 6.45) is 1.40. The van der Waals surface area contributed by atoms with E-state index in [0.29, 0.717) is 24.6 Å². The van der Waals surface area contributed by atoms with Gasteiger partial charge >= 0.3 is 6.09 Å². The first-order valence-electron chi connectivity index (χ1n) is 9.55. The number of aromatic amines is 1. The van der Waals surface area contributed by atoms with E-state index in [1.54, 1.807) is 4.90 Å². The zero-order valence-electron chi connectivity index (χ0n) is 17.4. The number of alkyl carbamates (subject to hydrolysis) is 1. The van der Waals surface area contributed by atoms with Crippen LogP contribution in [0.4, 0.5) is 10.5 Å². The van der Waals surface area contributed by atoms with Crippen LogP contribution in [0.25, 0.3) is 11.3 Å². The molecule has 0 aliphatic rings. The van der Waals surface area contributed by atoms with Gasteiger partial charge in [-0.25, -0.2) is 9.78 Å². The minimum Gasteiger partial charge on any atom is -0.453 e. The monoisotopic (exact) mass is 467 g/mol. The number of halogens is 1. The summed E-state index contributed by atoms with van der Waals surface area (Å²) in [4.78, 5) is 32.8. The number of anilines is 1. The molecule has 29 heavy (non-hydrogen) atoms. The van der Waals surface area contributed by atoms with E-state index in [2.05, 4.69) is 49.8 Å². The standard InChI is InChI=1S/C17H22BrN5O3.C3H8/c1-3-8-23(14(24)9-20-17(25)26-2)10-13-21-15(16(18)22-13)11-4-6-12(19)7-5-11;1-3-2/h4-7H,3,8-10,19H2,1-2H3,(H,20,25)(H,21,22);3H2,1-2H3. The van der Waals surface area contributed by atoms with Gasteiger partial charge in [-0.15, -0.1) is 0 Å². The molecule has 0 saturated carbocycles. The largest absolute Gasteiger partial charge is 0.453 e. The molecule has 0 aliphatic carbocycles. The minimum absolute atomic E-state index is 0.126. The molecule has 4 N–H and O–H groups in total. The van der Waals surface area contributed by atoms with Crippen LogP contribution in [0.2, 0.25) is 0 Å². The van der Waals surface area contributed by atoms with Crippen molar-refractivity contribution in [2.24, 2.45) is 0 Å². The van der Waals surface area contributed by atoms with Crippen LogP contribution in [-0.4, -0.2) is 47.1 Å². The Morgan fingerprint density at radius 1 is 1.24 bits per heavy atom. The number of amides is 2. The third-order valence-electron chi connectivity index (χ3n) is 3.65. The molecule has 1 aromatic carbocycles. The molecule has 0 spiro atoms. The summed E-state index contributed by atoms with van der Waals surface area (Å²) in [6.45, 7) is 6.96. The van der Waals surface area contributed by atoms with E-state index in [0.717, 1.165) is 22.3 Å². The molecule has 2 aromatic rings. The number of nitrogens with zero attached hydrogens (tertiary/aromatic N) is 2. The molecule has 160 valence electrons. The molecule has 2 amide bonds. The number of carbonyl (C=O) groups is 2. The number of aromatic nitrogens is 2. The van der Waals surface area contributed by atoms with E-state index in [-0.39, 0.29) is 12.5 Å². The van der Waals surface area contributed by atoms with Crippen LogP contribution in [0.1, 0.15) is 39.4 Å². The fourth-order valence-electron chi connectivity index (χ4n) is 2.38. The number of methoxy groups -OCH3 is 1. The Morgan fingerprint density at radius 3 is 2.41 bits per heavy atom. The van der Waals surface area contributed by atoms with Gasteiger partial charge in [-0.3, -0.25) is 4.79 Å². The lowest BCUT2D eigenvalue weighted by Crippen LogP contribution is -2.40. The Morgan fingerprint density at radius 2 is 1.86 bits per heavy atom. The number of H-pyrrole nitrogens is 1. The van der Waals surface area contributed by atoms with Crippen molar-refractivity contribution in [2.75, 3.05) is 25.9 Å². The summed E-state index contributed by atoms with van der Waals surface area (Å²) < 4.78 is 5.21. The van der Waals surface area contributed by atoms with Crippen molar-refractivity contribution < 1.29 is 14.3 Å². The minimum atomic E-state index is -0.638. The van der Waals surface area contributed by atoms with Gasteiger partial charge in [0.2, 0.25) is 5.91 Å². The van der Waals surface area contributed by atoms with Crippen molar-refractivity contribution in [1.82, 2.24) is 20.2 Å². The third kappa shape index (κ3) is 8.15. The van der Waals surface area contributed by atoms with Gasteiger partial charge < -0.3 is 25.7 Å². The van der Waals surface area contributed by atoms with E-state index >= 15 is 0 Å². The zero-order chi connectivity index (χ0) is 21.8. The molecule has 0 unspecified atom stereocenters. The number of hydrogen-bond donors (Lipinski definition) is 3. The van der Waals surface area contributed by atoms with Crippen LogP contribution in [-0.2, 0) is 16.1 Å². The van der Waals surface area contributed by atoms with Gasteiger partial charge in [0.15, 0.2) is 0 Å². The van der Waals surface area contributed by atoms with Crippen molar-refractivity contribution in [3.8, 4) is 11.3 Å². The Bertz CT molecular complexity index is 777. The molecule has 8 nitrogen and oxygen atoms in total. The lowest BCUT2D eigenvalue weighted by Gasteiger charge is -2.21. The van der Waals surface area contributed by atoms with Crippen LogP contribution in [0.5, 0.6) is 0 Å². The average Bonchev–Trinajstić information content (AvgIpc) is 3.06. The number of ether oxygens (including phenoxy) is 1. The van der Waals surface area contributed by atoms with E-state index in [1.165, 1.54) is 13.5 Å². The Labute approximate surface area is 180 Å². The van der Waals surface area contributed by atoms with Crippen LogP contribution < -0.4 is 11.1 Å². The van der Waals surface area contributed by atoms with Gasteiger partial charge in [-0.1, -0.05) is 39.3 Å². The predicted octanol–water partition coefficient (Wildman–Crippen LogP) is 3.93. The normalized spacial score (nSPS) is 9.97. The van der Waals surface area contributed by atoms with Gasteiger partial charge in [0, 0.05) is 17.8 Å². The molecule has 1 aromatic heterocycles. The van der Waals surface area contributed by atoms with Crippen molar-refractivity contribution in [1.29, 1.82) is 0 Å². The van der Waals surface area contributed by atoms with E-state index in [9.17, 15) is 9.59 Å². The summed E-state index contributed by atoms with van der Waals surface area (Å²) in [5.41, 5.74) is 8.05. The molecule has 2 rings (SSSR count). The SMILES string of the molecule is CCC.CCCN(Cc1nc(-c2ccc(N)cc2)c(Br)[nH]1)C(=O)CNC(=O)OC. The molecular weight excluding hydrogens is 438 g/mol. The van der Waals surface area contributed by atoms with Crippen LogP contribution in [0.15, 0.2) is 28.9 Å². The number of nitrogens with two attached hydrogens (primary N) is 1. The number of carbonyl (C=O) groups excluding carboxylic acids is 2. The summed E-state index contributed by atoms with van der Waals surface area (Å²) in [5.74, 6) is 0.433. The fraction of sp³-hybridized carbons (Fsp3) is 0.450. The molecule has 0 saturated heterocycles. The Balaban J connectivity index is 0.00000132. The lowest BCUT2D eigenvalue weighted by atomic mass is 10.1. The topological polar surface area (TPSA) is 113 Å². The van der Waals surface area contributed by atoms with Crippen LogP contribution in [0.3, 0.4) is 0 Å². The number of benzene rings is 1. The van der Waals surface area contributed by atoms with E-state index in [1.807, 2.05) is 31.2 Å².